The van der Waals surface area contributed by atoms with Crippen molar-refractivity contribution >= 4 is 5.91 Å². The first-order valence-electron chi connectivity index (χ1n) is 10.7. The van der Waals surface area contributed by atoms with E-state index in [0.29, 0.717) is 30.5 Å². The number of aromatic nitrogens is 1. The number of piperidine rings is 1. The average Bonchev–Trinajstić information content (AvgIpc) is 2.72. The first-order valence-corrected chi connectivity index (χ1v) is 10.7. The molecule has 0 N–H and O–H groups in total. The number of pyridine rings is 1. The minimum atomic E-state index is 0.244. The van der Waals surface area contributed by atoms with Gasteiger partial charge < -0.3 is 9.64 Å². The van der Waals surface area contributed by atoms with Gasteiger partial charge in [0.05, 0.1) is 13.0 Å². The summed E-state index contributed by atoms with van der Waals surface area (Å²) in [4.78, 5) is 21.3. The fraction of sp³-hybridized carbons (Fsp3) is 0.727. The van der Waals surface area contributed by atoms with Crippen LogP contribution in [0.25, 0.3) is 0 Å². The van der Waals surface area contributed by atoms with E-state index in [4.69, 9.17) is 4.74 Å². The van der Waals surface area contributed by atoms with Crippen LogP contribution in [-0.2, 0) is 9.53 Å². The van der Waals surface area contributed by atoms with Crippen molar-refractivity contribution in [3.8, 4) is 0 Å². The summed E-state index contributed by atoms with van der Waals surface area (Å²) in [6, 6.07) is 5.58. The van der Waals surface area contributed by atoms with Crippen LogP contribution in [0.5, 0.6) is 0 Å². The molecule has 5 nitrogen and oxygen atoms in total. The number of methoxy groups -OCH3 is 1. The summed E-state index contributed by atoms with van der Waals surface area (Å²) in [6.45, 7) is 3.54. The first kappa shape index (κ1) is 18.9. The van der Waals surface area contributed by atoms with Crippen LogP contribution >= 0.6 is 0 Å². The van der Waals surface area contributed by atoms with Crippen molar-refractivity contribution in [3.63, 3.8) is 0 Å². The topological polar surface area (TPSA) is 45.7 Å². The van der Waals surface area contributed by atoms with Crippen molar-refractivity contribution in [2.75, 3.05) is 33.4 Å². The summed E-state index contributed by atoms with van der Waals surface area (Å²) in [5.41, 5.74) is 1.92. The maximum absolute atomic E-state index is 12.3. The molecule has 2 saturated heterocycles. The second-order valence-corrected chi connectivity index (χ2v) is 8.63. The summed E-state index contributed by atoms with van der Waals surface area (Å²) in [7, 11) is 1.66. The molecule has 3 fully saturated rings. The van der Waals surface area contributed by atoms with Gasteiger partial charge in [0.25, 0.3) is 0 Å². The van der Waals surface area contributed by atoms with Crippen molar-refractivity contribution in [2.24, 2.45) is 5.41 Å². The molecular formula is C22H33N3O2. The van der Waals surface area contributed by atoms with Gasteiger partial charge in [-0.3, -0.25) is 14.7 Å². The third-order valence-corrected chi connectivity index (χ3v) is 7.09. The summed E-state index contributed by atoms with van der Waals surface area (Å²) < 4.78 is 5.06. The number of hydrogen-bond donors (Lipinski definition) is 0. The lowest BCUT2D eigenvalue weighted by atomic mass is 9.60. The highest BCUT2D eigenvalue weighted by Crippen LogP contribution is 2.58. The lowest BCUT2D eigenvalue weighted by Gasteiger charge is -2.63. The molecule has 3 aliphatic rings. The number of nitrogens with zero attached hydrogens (tertiary/aromatic N) is 3. The zero-order valence-electron chi connectivity index (χ0n) is 16.6. The Balaban J connectivity index is 1.42. The Labute approximate surface area is 163 Å². The van der Waals surface area contributed by atoms with Crippen molar-refractivity contribution in [3.05, 3.63) is 30.1 Å². The quantitative estimate of drug-likeness (QED) is 0.796. The van der Waals surface area contributed by atoms with Crippen LogP contribution in [0.15, 0.2) is 24.5 Å². The molecule has 1 saturated carbocycles. The van der Waals surface area contributed by atoms with Crippen LogP contribution in [0.3, 0.4) is 0 Å². The lowest BCUT2D eigenvalue weighted by molar-refractivity contribution is -0.144. The van der Waals surface area contributed by atoms with Crippen LogP contribution in [-0.4, -0.2) is 60.1 Å². The second-order valence-electron chi connectivity index (χ2n) is 8.63. The number of amides is 1. The Kier molecular flexibility index (Phi) is 5.79. The molecule has 1 aliphatic carbocycles. The van der Waals surface area contributed by atoms with Crippen LogP contribution in [0, 0.1) is 5.41 Å². The Bertz CT molecular complexity index is 622. The van der Waals surface area contributed by atoms with Crippen LogP contribution in [0.1, 0.15) is 63.0 Å². The number of hydrogen-bond acceptors (Lipinski definition) is 4. The zero-order chi connectivity index (χ0) is 18.7. The minimum absolute atomic E-state index is 0.244. The highest BCUT2D eigenvalue weighted by molar-refractivity contribution is 5.76. The van der Waals surface area contributed by atoms with Crippen LogP contribution in [0.4, 0.5) is 0 Å². The normalized spacial score (nSPS) is 26.1. The van der Waals surface area contributed by atoms with Gasteiger partial charge >= 0.3 is 0 Å². The number of rotatable bonds is 5. The summed E-state index contributed by atoms with van der Waals surface area (Å²) >= 11 is 0. The predicted molar refractivity (Wildman–Crippen MR) is 105 cm³/mol. The van der Waals surface area contributed by atoms with Gasteiger partial charge in [0.2, 0.25) is 5.91 Å². The standard InChI is InChI=1S/C22H33N3O2/c1-27-16-9-20(26)24-14-7-19(8-15-24)25-17-22(10-3-2-4-11-22)21(25)18-5-12-23-13-6-18/h5-6,12-13,19,21H,2-4,7-11,14-17H2,1H3. The third-order valence-electron chi connectivity index (χ3n) is 7.09. The number of ether oxygens (including phenoxy) is 1. The fourth-order valence-corrected chi connectivity index (χ4v) is 5.69. The average molecular weight is 372 g/mol. The lowest BCUT2D eigenvalue weighted by Crippen LogP contribution is -2.63. The molecule has 3 heterocycles. The van der Waals surface area contributed by atoms with Gasteiger partial charge in [-0.25, -0.2) is 0 Å². The maximum Gasteiger partial charge on any atom is 0.224 e. The summed E-state index contributed by atoms with van der Waals surface area (Å²) in [6.07, 6.45) is 13.5. The largest absolute Gasteiger partial charge is 0.384 e. The fourth-order valence-electron chi connectivity index (χ4n) is 5.69. The van der Waals surface area contributed by atoms with E-state index in [-0.39, 0.29) is 5.91 Å². The van der Waals surface area contributed by atoms with Crippen LogP contribution in [0.2, 0.25) is 0 Å². The molecule has 1 unspecified atom stereocenters. The minimum Gasteiger partial charge on any atom is -0.384 e. The Morgan fingerprint density at radius 1 is 1.19 bits per heavy atom. The molecule has 2 aliphatic heterocycles. The summed E-state index contributed by atoms with van der Waals surface area (Å²) in [5.74, 6) is 0.244. The van der Waals surface area contributed by atoms with E-state index in [1.54, 1.807) is 7.11 Å². The van der Waals surface area contributed by atoms with E-state index < -0.39 is 0 Å². The highest BCUT2D eigenvalue weighted by Gasteiger charge is 2.54. The van der Waals surface area contributed by atoms with Crippen molar-refractivity contribution < 1.29 is 9.53 Å². The molecule has 1 amide bonds. The molecule has 148 valence electrons. The molecule has 1 aromatic rings. The molecule has 0 radical (unpaired) electrons. The van der Waals surface area contributed by atoms with E-state index in [1.807, 2.05) is 17.3 Å². The smallest absolute Gasteiger partial charge is 0.224 e. The molecule has 0 bridgehead atoms. The van der Waals surface area contributed by atoms with Gasteiger partial charge in [0.1, 0.15) is 0 Å². The molecule has 0 aromatic carbocycles. The van der Waals surface area contributed by atoms with E-state index in [9.17, 15) is 4.79 Å². The SMILES string of the molecule is COCCC(=O)N1CCC(N2CC3(CCCCC3)C2c2ccncc2)CC1. The Morgan fingerprint density at radius 2 is 1.89 bits per heavy atom. The molecule has 1 spiro atoms. The Morgan fingerprint density at radius 3 is 2.56 bits per heavy atom. The molecular weight excluding hydrogens is 338 g/mol. The third kappa shape index (κ3) is 3.77. The molecule has 5 heteroatoms. The highest BCUT2D eigenvalue weighted by atomic mass is 16.5. The van der Waals surface area contributed by atoms with Gasteiger partial charge in [0, 0.05) is 56.6 Å². The van der Waals surface area contributed by atoms with Gasteiger partial charge in [-0.15, -0.1) is 0 Å². The van der Waals surface area contributed by atoms with Gasteiger partial charge in [-0.1, -0.05) is 19.3 Å². The van der Waals surface area contributed by atoms with Gasteiger partial charge in [0.15, 0.2) is 0 Å². The van der Waals surface area contributed by atoms with E-state index >= 15 is 0 Å². The molecule has 27 heavy (non-hydrogen) atoms. The van der Waals surface area contributed by atoms with Gasteiger partial charge in [-0.2, -0.15) is 0 Å². The van der Waals surface area contributed by atoms with E-state index in [2.05, 4.69) is 22.0 Å². The summed E-state index contributed by atoms with van der Waals surface area (Å²) in [5, 5.41) is 0. The maximum atomic E-state index is 12.3. The Hall–Kier alpha value is -1.46. The van der Waals surface area contributed by atoms with Crippen molar-refractivity contribution in [1.29, 1.82) is 0 Å². The van der Waals surface area contributed by atoms with E-state index in [0.717, 1.165) is 25.9 Å². The monoisotopic (exact) mass is 371 g/mol. The second kappa shape index (κ2) is 8.27. The predicted octanol–water partition coefficient (Wildman–Crippen LogP) is 3.42. The number of likely N-dealkylation sites (tertiary alicyclic amines) is 2. The van der Waals surface area contributed by atoms with Crippen LogP contribution < -0.4 is 0 Å². The molecule has 4 rings (SSSR count). The zero-order valence-corrected chi connectivity index (χ0v) is 16.6. The number of carbonyl (C=O) groups excluding carboxylic acids is 1. The first-order chi connectivity index (χ1) is 13.2. The number of carbonyl (C=O) groups is 1. The van der Waals surface area contributed by atoms with Crippen molar-refractivity contribution in [2.45, 2.75) is 63.5 Å². The molecule has 1 atom stereocenters. The molecule has 1 aromatic heterocycles. The van der Waals surface area contributed by atoms with Gasteiger partial charge in [-0.05, 0) is 43.4 Å². The van der Waals surface area contributed by atoms with E-state index in [1.165, 1.54) is 44.2 Å². The van der Waals surface area contributed by atoms with Crippen molar-refractivity contribution in [1.82, 2.24) is 14.8 Å².